The Hall–Kier alpha value is -1.55. The van der Waals surface area contributed by atoms with Crippen LogP contribution >= 0.6 is 0 Å². The van der Waals surface area contributed by atoms with Crippen LogP contribution in [0, 0.1) is 0 Å². The lowest BCUT2D eigenvalue weighted by Crippen LogP contribution is -2.42. The molecule has 1 rings (SSSR count). The number of carbonyl (C=O) groups excluding carboxylic acids is 1. The lowest BCUT2D eigenvalue weighted by Gasteiger charge is -2.21. The highest BCUT2D eigenvalue weighted by Gasteiger charge is 2.31. The van der Waals surface area contributed by atoms with E-state index in [4.69, 9.17) is 10.5 Å². The van der Waals surface area contributed by atoms with E-state index in [1.807, 2.05) is 0 Å². The summed E-state index contributed by atoms with van der Waals surface area (Å²) in [7, 11) is 2.90. The first kappa shape index (κ1) is 11.5. The molecule has 1 aromatic carbocycles. The molecule has 0 aliphatic rings. The van der Waals surface area contributed by atoms with E-state index in [1.165, 1.54) is 7.11 Å². The van der Waals surface area contributed by atoms with Crippen LogP contribution in [0.5, 0.6) is 5.75 Å². The highest BCUT2D eigenvalue weighted by Crippen LogP contribution is 2.21. The third-order valence-corrected chi connectivity index (χ3v) is 2.30. The van der Waals surface area contributed by atoms with Gasteiger partial charge in [-0.15, -0.1) is 0 Å². The molecular formula is C11H15NO3. The first-order valence-corrected chi connectivity index (χ1v) is 4.54. The molecule has 82 valence electrons. The van der Waals surface area contributed by atoms with Gasteiger partial charge in [-0.1, -0.05) is 12.1 Å². The van der Waals surface area contributed by atoms with E-state index in [9.17, 15) is 4.79 Å². The minimum Gasteiger partial charge on any atom is -0.497 e. The van der Waals surface area contributed by atoms with E-state index in [-0.39, 0.29) is 0 Å². The fourth-order valence-electron chi connectivity index (χ4n) is 1.27. The zero-order valence-electron chi connectivity index (χ0n) is 9.11. The zero-order valence-corrected chi connectivity index (χ0v) is 9.11. The van der Waals surface area contributed by atoms with Crippen molar-refractivity contribution in [1.29, 1.82) is 0 Å². The number of carbonyl (C=O) groups is 1. The maximum Gasteiger partial charge on any atom is 0.330 e. The number of hydrogen-bond acceptors (Lipinski definition) is 4. The van der Waals surface area contributed by atoms with Crippen LogP contribution < -0.4 is 10.5 Å². The molecule has 2 N–H and O–H groups in total. The maximum absolute atomic E-state index is 11.4. The largest absolute Gasteiger partial charge is 0.497 e. The molecule has 15 heavy (non-hydrogen) atoms. The Balaban J connectivity index is 3.00. The highest BCUT2D eigenvalue weighted by atomic mass is 16.5. The van der Waals surface area contributed by atoms with Gasteiger partial charge in [0, 0.05) is 0 Å². The Kier molecular flexibility index (Phi) is 3.31. The maximum atomic E-state index is 11.4. The Labute approximate surface area is 89.0 Å². The van der Waals surface area contributed by atoms with Gasteiger partial charge in [-0.3, -0.25) is 0 Å². The van der Waals surface area contributed by atoms with E-state index in [2.05, 4.69) is 4.74 Å². The van der Waals surface area contributed by atoms with E-state index >= 15 is 0 Å². The van der Waals surface area contributed by atoms with Gasteiger partial charge in [-0.2, -0.15) is 0 Å². The van der Waals surface area contributed by atoms with Gasteiger partial charge in [0.2, 0.25) is 0 Å². The number of methoxy groups -OCH3 is 2. The molecule has 4 heteroatoms. The Morgan fingerprint density at radius 1 is 1.27 bits per heavy atom. The number of ether oxygens (including phenoxy) is 2. The molecule has 0 radical (unpaired) electrons. The van der Waals surface area contributed by atoms with E-state index < -0.39 is 11.5 Å². The fourth-order valence-corrected chi connectivity index (χ4v) is 1.27. The molecule has 4 nitrogen and oxygen atoms in total. The number of esters is 1. The van der Waals surface area contributed by atoms with Crippen molar-refractivity contribution in [2.75, 3.05) is 14.2 Å². The molecule has 0 aliphatic carbocycles. The van der Waals surface area contributed by atoms with Crippen molar-refractivity contribution >= 4 is 5.97 Å². The van der Waals surface area contributed by atoms with Crippen LogP contribution in [0.15, 0.2) is 24.3 Å². The smallest absolute Gasteiger partial charge is 0.330 e. The fraction of sp³-hybridized carbons (Fsp3) is 0.364. The van der Waals surface area contributed by atoms with E-state index in [0.29, 0.717) is 5.56 Å². The molecular weight excluding hydrogens is 194 g/mol. The average molecular weight is 209 g/mol. The molecule has 0 heterocycles. The van der Waals surface area contributed by atoms with Gasteiger partial charge < -0.3 is 15.2 Å². The summed E-state index contributed by atoms with van der Waals surface area (Å²) in [6.45, 7) is 1.61. The third kappa shape index (κ3) is 2.27. The first-order chi connectivity index (χ1) is 7.02. The molecule has 0 unspecified atom stereocenters. The predicted octanol–water partition coefficient (Wildman–Crippen LogP) is 1.04. The van der Waals surface area contributed by atoms with Crippen molar-refractivity contribution in [3.05, 3.63) is 29.8 Å². The van der Waals surface area contributed by atoms with Crippen molar-refractivity contribution in [3.8, 4) is 5.75 Å². The summed E-state index contributed by atoms with van der Waals surface area (Å²) < 4.78 is 9.64. The number of benzene rings is 1. The van der Waals surface area contributed by atoms with Crippen LogP contribution in [-0.4, -0.2) is 20.2 Å². The van der Waals surface area contributed by atoms with Crippen LogP contribution in [0.2, 0.25) is 0 Å². The first-order valence-electron chi connectivity index (χ1n) is 4.54. The Bertz CT molecular complexity index is 343. The minimum absolute atomic E-state index is 0.465. The summed E-state index contributed by atoms with van der Waals surface area (Å²) in [4.78, 5) is 11.4. The second-order valence-electron chi connectivity index (χ2n) is 3.42. The van der Waals surface area contributed by atoms with Gasteiger partial charge in [-0.25, -0.2) is 4.79 Å². The molecule has 0 aromatic heterocycles. The molecule has 0 aliphatic heterocycles. The van der Waals surface area contributed by atoms with Crippen LogP contribution in [0.3, 0.4) is 0 Å². The van der Waals surface area contributed by atoms with Crippen LogP contribution in [0.1, 0.15) is 12.5 Å². The summed E-state index contributed by atoms with van der Waals surface area (Å²) in [6, 6.07) is 7.00. The average Bonchev–Trinajstić information content (AvgIpc) is 2.28. The van der Waals surface area contributed by atoms with Gasteiger partial charge in [-0.05, 0) is 24.6 Å². The van der Waals surface area contributed by atoms with Gasteiger partial charge in [0.15, 0.2) is 0 Å². The van der Waals surface area contributed by atoms with Crippen LogP contribution in [0.25, 0.3) is 0 Å². The van der Waals surface area contributed by atoms with Crippen molar-refractivity contribution < 1.29 is 14.3 Å². The van der Waals surface area contributed by atoms with Gasteiger partial charge in [0.25, 0.3) is 0 Å². The third-order valence-electron chi connectivity index (χ3n) is 2.30. The quantitative estimate of drug-likeness (QED) is 0.755. The van der Waals surface area contributed by atoms with Gasteiger partial charge in [0.1, 0.15) is 11.3 Å². The molecule has 0 bridgehead atoms. The molecule has 0 fully saturated rings. The number of hydrogen-bond donors (Lipinski definition) is 1. The summed E-state index contributed by atoms with van der Waals surface area (Å²) in [6.07, 6.45) is 0. The summed E-state index contributed by atoms with van der Waals surface area (Å²) in [5, 5.41) is 0. The molecule has 0 amide bonds. The second kappa shape index (κ2) is 4.31. The van der Waals surface area contributed by atoms with Crippen molar-refractivity contribution in [3.63, 3.8) is 0 Å². The minimum atomic E-state index is -1.12. The molecule has 1 aromatic rings. The Morgan fingerprint density at radius 2 is 1.80 bits per heavy atom. The SMILES string of the molecule is COC(=O)[C@](C)(N)c1ccc(OC)cc1. The number of rotatable bonds is 3. The molecule has 0 saturated carbocycles. The normalized spacial score (nSPS) is 14.1. The number of nitrogens with two attached hydrogens (primary N) is 1. The lowest BCUT2D eigenvalue weighted by molar-refractivity contribution is -0.146. The standard InChI is InChI=1S/C11H15NO3/c1-11(12,10(13)15-3)8-4-6-9(14-2)7-5-8/h4-7H,12H2,1-3H3/t11-/m1/s1. The summed E-state index contributed by atoms with van der Waals surface area (Å²) in [5.74, 6) is 0.257. The van der Waals surface area contributed by atoms with Crippen LogP contribution in [0.4, 0.5) is 0 Å². The van der Waals surface area contributed by atoms with Crippen molar-refractivity contribution in [2.24, 2.45) is 5.73 Å². The van der Waals surface area contributed by atoms with Gasteiger partial charge in [0.05, 0.1) is 14.2 Å². The Morgan fingerprint density at radius 3 is 2.20 bits per heavy atom. The molecule has 0 saturated heterocycles. The second-order valence-corrected chi connectivity index (χ2v) is 3.42. The zero-order chi connectivity index (χ0) is 11.5. The highest BCUT2D eigenvalue weighted by molar-refractivity contribution is 5.81. The van der Waals surface area contributed by atoms with Crippen LogP contribution in [-0.2, 0) is 15.1 Å². The molecule has 0 spiro atoms. The monoisotopic (exact) mass is 209 g/mol. The van der Waals surface area contributed by atoms with E-state index in [0.717, 1.165) is 5.75 Å². The predicted molar refractivity (Wildman–Crippen MR) is 56.5 cm³/mol. The van der Waals surface area contributed by atoms with Crippen molar-refractivity contribution in [2.45, 2.75) is 12.5 Å². The van der Waals surface area contributed by atoms with Crippen molar-refractivity contribution in [1.82, 2.24) is 0 Å². The summed E-state index contributed by atoms with van der Waals surface area (Å²) in [5.41, 5.74) is 5.43. The topological polar surface area (TPSA) is 61.5 Å². The summed E-state index contributed by atoms with van der Waals surface area (Å²) >= 11 is 0. The van der Waals surface area contributed by atoms with E-state index in [1.54, 1.807) is 38.3 Å². The molecule has 1 atom stereocenters. The van der Waals surface area contributed by atoms with Gasteiger partial charge >= 0.3 is 5.97 Å². The lowest BCUT2D eigenvalue weighted by atomic mass is 9.93.